The average molecular weight is 342 g/mol. The molecule has 0 aromatic carbocycles. The van der Waals surface area contributed by atoms with E-state index in [-0.39, 0.29) is 30.1 Å². The van der Waals surface area contributed by atoms with E-state index in [9.17, 15) is 9.59 Å². The molecule has 0 saturated carbocycles. The highest BCUT2D eigenvalue weighted by atomic mass is 16.2. The molecule has 2 unspecified atom stereocenters. The summed E-state index contributed by atoms with van der Waals surface area (Å²) < 4.78 is 3.33. The number of carbonyl (C=O) groups is 1. The summed E-state index contributed by atoms with van der Waals surface area (Å²) in [5.41, 5.74) is 1.18. The number of hydrogen-bond acceptors (Lipinski definition) is 5. The van der Waals surface area contributed by atoms with Gasteiger partial charge in [0.2, 0.25) is 5.91 Å². The number of fused-ring (bicyclic) bond motifs is 2. The van der Waals surface area contributed by atoms with Crippen molar-refractivity contribution in [2.45, 2.75) is 64.2 Å². The molecule has 0 radical (unpaired) electrons. The third-order valence-electron chi connectivity index (χ3n) is 5.63. The van der Waals surface area contributed by atoms with Crippen LogP contribution in [-0.4, -0.2) is 47.4 Å². The molecule has 2 fully saturated rings. The molecule has 0 aliphatic carbocycles. The van der Waals surface area contributed by atoms with Crippen LogP contribution in [0.15, 0.2) is 23.5 Å². The van der Waals surface area contributed by atoms with Crippen molar-refractivity contribution in [2.24, 2.45) is 0 Å². The molecular weight excluding hydrogens is 320 g/mol. The maximum absolute atomic E-state index is 12.9. The first kappa shape index (κ1) is 16.0. The molecule has 25 heavy (non-hydrogen) atoms. The lowest BCUT2D eigenvalue weighted by Gasteiger charge is -2.39. The summed E-state index contributed by atoms with van der Waals surface area (Å²) >= 11 is 0. The second-order valence-corrected chi connectivity index (χ2v) is 7.08. The molecule has 2 saturated heterocycles. The molecule has 4 heterocycles. The number of amides is 1. The highest BCUT2D eigenvalue weighted by Crippen LogP contribution is 2.40. The van der Waals surface area contributed by atoms with Crippen LogP contribution in [-0.2, 0) is 11.3 Å². The molecule has 0 spiro atoms. The Kier molecular flexibility index (Phi) is 3.89. The van der Waals surface area contributed by atoms with Gasteiger partial charge in [0, 0.05) is 29.5 Å². The van der Waals surface area contributed by atoms with E-state index in [1.807, 2.05) is 15.8 Å². The monoisotopic (exact) mass is 342 g/mol. The predicted molar refractivity (Wildman–Crippen MR) is 89.9 cm³/mol. The molecule has 2 aliphatic rings. The Morgan fingerprint density at radius 3 is 2.56 bits per heavy atom. The van der Waals surface area contributed by atoms with Crippen molar-refractivity contribution >= 4 is 5.91 Å². The number of carbonyl (C=O) groups excluding carboxylic acids is 1. The SMILES string of the molecule is Cc1ncn(CC(=O)N2C3CCC2CC(n2ccnn2)C3)c(=O)c1C. The Morgan fingerprint density at radius 1 is 1.20 bits per heavy atom. The van der Waals surface area contributed by atoms with Crippen molar-refractivity contribution in [3.63, 3.8) is 0 Å². The fourth-order valence-corrected chi connectivity index (χ4v) is 4.20. The van der Waals surface area contributed by atoms with Gasteiger partial charge in [-0.15, -0.1) is 5.10 Å². The van der Waals surface area contributed by atoms with E-state index >= 15 is 0 Å². The van der Waals surface area contributed by atoms with Gasteiger partial charge < -0.3 is 4.90 Å². The smallest absolute Gasteiger partial charge is 0.256 e. The molecule has 2 aliphatic heterocycles. The van der Waals surface area contributed by atoms with Gasteiger partial charge in [-0.05, 0) is 39.5 Å². The number of nitrogens with zero attached hydrogens (tertiary/aromatic N) is 6. The Hall–Kier alpha value is -2.51. The van der Waals surface area contributed by atoms with Gasteiger partial charge in [0.25, 0.3) is 5.56 Å². The number of piperidine rings is 1. The molecule has 2 atom stereocenters. The standard InChI is InChI=1S/C17H22N6O2/c1-11-12(2)18-10-21(17(11)25)9-16(24)23-13-3-4-14(23)8-15(7-13)22-6-5-19-20-22/h5-6,10,13-15H,3-4,7-9H2,1-2H3. The highest BCUT2D eigenvalue weighted by molar-refractivity contribution is 5.77. The molecular formula is C17H22N6O2. The lowest BCUT2D eigenvalue weighted by atomic mass is 9.97. The summed E-state index contributed by atoms with van der Waals surface area (Å²) in [5.74, 6) is 0.0108. The minimum Gasteiger partial charge on any atom is -0.335 e. The van der Waals surface area contributed by atoms with E-state index in [0.717, 1.165) is 25.7 Å². The van der Waals surface area contributed by atoms with Crippen LogP contribution in [0.1, 0.15) is 43.0 Å². The van der Waals surface area contributed by atoms with Crippen LogP contribution in [0.5, 0.6) is 0 Å². The zero-order valence-corrected chi connectivity index (χ0v) is 14.5. The summed E-state index contributed by atoms with van der Waals surface area (Å²) in [4.78, 5) is 31.4. The zero-order valence-electron chi connectivity index (χ0n) is 14.5. The van der Waals surface area contributed by atoms with E-state index in [1.165, 1.54) is 10.9 Å². The first-order valence-corrected chi connectivity index (χ1v) is 8.74. The molecule has 2 bridgehead atoms. The summed E-state index contributed by atoms with van der Waals surface area (Å²) in [7, 11) is 0. The number of rotatable bonds is 3. The zero-order chi connectivity index (χ0) is 17.6. The maximum atomic E-state index is 12.9. The summed E-state index contributed by atoms with van der Waals surface area (Å²) in [6, 6.07) is 0.737. The topological polar surface area (TPSA) is 85.9 Å². The van der Waals surface area contributed by atoms with E-state index in [0.29, 0.717) is 17.3 Å². The van der Waals surface area contributed by atoms with Gasteiger partial charge in [-0.1, -0.05) is 5.21 Å². The van der Waals surface area contributed by atoms with Crippen molar-refractivity contribution in [3.8, 4) is 0 Å². The lowest BCUT2D eigenvalue weighted by Crippen LogP contribution is -2.49. The van der Waals surface area contributed by atoms with Crippen molar-refractivity contribution in [2.75, 3.05) is 0 Å². The van der Waals surface area contributed by atoms with Crippen LogP contribution in [0, 0.1) is 13.8 Å². The van der Waals surface area contributed by atoms with Crippen LogP contribution in [0.4, 0.5) is 0 Å². The quantitative estimate of drug-likeness (QED) is 0.825. The number of hydrogen-bond donors (Lipinski definition) is 0. The van der Waals surface area contributed by atoms with Crippen LogP contribution < -0.4 is 5.56 Å². The molecule has 8 heteroatoms. The molecule has 8 nitrogen and oxygen atoms in total. The number of aromatic nitrogens is 5. The van der Waals surface area contributed by atoms with Gasteiger partial charge in [0.05, 0.1) is 18.6 Å². The molecule has 2 aromatic heterocycles. The van der Waals surface area contributed by atoms with E-state index in [2.05, 4.69) is 15.3 Å². The van der Waals surface area contributed by atoms with Crippen molar-refractivity contribution in [1.29, 1.82) is 0 Å². The van der Waals surface area contributed by atoms with Gasteiger partial charge >= 0.3 is 0 Å². The minimum atomic E-state index is -0.134. The van der Waals surface area contributed by atoms with E-state index in [4.69, 9.17) is 0 Å². The Bertz CT molecular complexity index is 829. The Morgan fingerprint density at radius 2 is 1.92 bits per heavy atom. The van der Waals surface area contributed by atoms with Crippen molar-refractivity contribution < 1.29 is 4.79 Å². The maximum Gasteiger partial charge on any atom is 0.256 e. The van der Waals surface area contributed by atoms with Crippen LogP contribution in [0.2, 0.25) is 0 Å². The summed E-state index contributed by atoms with van der Waals surface area (Å²) in [5, 5.41) is 8.00. The van der Waals surface area contributed by atoms with Crippen LogP contribution >= 0.6 is 0 Å². The fraction of sp³-hybridized carbons (Fsp3) is 0.588. The van der Waals surface area contributed by atoms with Gasteiger partial charge in [-0.25, -0.2) is 9.67 Å². The first-order valence-electron chi connectivity index (χ1n) is 8.74. The van der Waals surface area contributed by atoms with Crippen molar-refractivity contribution in [3.05, 3.63) is 40.3 Å². The van der Waals surface area contributed by atoms with Gasteiger partial charge in [0.1, 0.15) is 6.54 Å². The fourth-order valence-electron chi connectivity index (χ4n) is 4.20. The predicted octanol–water partition coefficient (Wildman–Crippen LogP) is 0.846. The van der Waals surface area contributed by atoms with Crippen molar-refractivity contribution in [1.82, 2.24) is 29.4 Å². The second-order valence-electron chi connectivity index (χ2n) is 7.08. The Balaban J connectivity index is 1.51. The molecule has 4 rings (SSSR count). The van der Waals surface area contributed by atoms with Crippen LogP contribution in [0.25, 0.3) is 0 Å². The number of aryl methyl sites for hydroxylation is 1. The summed E-state index contributed by atoms with van der Waals surface area (Å²) in [6.45, 7) is 3.62. The third-order valence-corrected chi connectivity index (χ3v) is 5.63. The van der Waals surface area contributed by atoms with E-state index < -0.39 is 0 Å². The Labute approximate surface area is 145 Å². The molecule has 2 aromatic rings. The van der Waals surface area contributed by atoms with Gasteiger partial charge in [-0.2, -0.15) is 0 Å². The first-order chi connectivity index (χ1) is 12.0. The van der Waals surface area contributed by atoms with Gasteiger partial charge in [-0.3, -0.25) is 14.2 Å². The molecule has 132 valence electrons. The lowest BCUT2D eigenvalue weighted by molar-refractivity contribution is -0.137. The summed E-state index contributed by atoms with van der Waals surface area (Å²) in [6.07, 6.45) is 8.88. The average Bonchev–Trinajstić information content (AvgIpc) is 3.22. The minimum absolute atomic E-state index is 0.0108. The second kappa shape index (κ2) is 6.09. The van der Waals surface area contributed by atoms with Crippen LogP contribution in [0.3, 0.4) is 0 Å². The van der Waals surface area contributed by atoms with Gasteiger partial charge in [0.15, 0.2) is 0 Å². The normalized spacial score (nSPS) is 25.4. The van der Waals surface area contributed by atoms with E-state index in [1.54, 1.807) is 20.0 Å². The molecule has 1 amide bonds. The molecule has 0 N–H and O–H groups in total. The highest BCUT2D eigenvalue weighted by Gasteiger charge is 2.43. The largest absolute Gasteiger partial charge is 0.335 e. The third kappa shape index (κ3) is 2.75.